The highest BCUT2D eigenvalue weighted by Gasteiger charge is 2.18. The highest BCUT2D eigenvalue weighted by atomic mass is 35.5. The van der Waals surface area contributed by atoms with Crippen molar-refractivity contribution in [2.45, 2.75) is 38.3 Å². The predicted octanol–water partition coefficient (Wildman–Crippen LogP) is 4.20. The quantitative estimate of drug-likeness (QED) is 0.874. The first-order chi connectivity index (χ1) is 7.85. The fraction of sp³-hybridized carbons (Fsp3) is 0.538. The summed E-state index contributed by atoms with van der Waals surface area (Å²) in [5.74, 6) is 0. The van der Waals surface area contributed by atoms with Gasteiger partial charge in [-0.3, -0.25) is 0 Å². The summed E-state index contributed by atoms with van der Waals surface area (Å²) >= 11 is 11.8. The average molecular weight is 276 g/mol. The SMILES string of the molecule is COC(C)(C)CCC(N)c1ccc(Cl)c(Cl)c1. The molecule has 0 spiro atoms. The minimum Gasteiger partial charge on any atom is -0.379 e. The van der Waals surface area contributed by atoms with E-state index in [0.29, 0.717) is 10.0 Å². The van der Waals surface area contributed by atoms with Crippen molar-refractivity contribution in [1.29, 1.82) is 0 Å². The first-order valence-corrected chi connectivity index (χ1v) is 6.37. The molecule has 96 valence electrons. The molecule has 0 saturated heterocycles. The molecule has 0 heterocycles. The molecule has 1 rings (SSSR count). The van der Waals surface area contributed by atoms with Crippen LogP contribution in [0, 0.1) is 0 Å². The summed E-state index contributed by atoms with van der Waals surface area (Å²) in [5, 5.41) is 1.10. The van der Waals surface area contributed by atoms with Crippen molar-refractivity contribution in [1.82, 2.24) is 0 Å². The Kier molecular flexibility index (Phi) is 5.26. The van der Waals surface area contributed by atoms with Gasteiger partial charge in [-0.2, -0.15) is 0 Å². The Morgan fingerprint density at radius 2 is 1.94 bits per heavy atom. The lowest BCUT2D eigenvalue weighted by Crippen LogP contribution is -2.24. The van der Waals surface area contributed by atoms with Gasteiger partial charge < -0.3 is 10.5 Å². The fourth-order valence-electron chi connectivity index (χ4n) is 1.51. The number of hydrogen-bond donors (Lipinski definition) is 1. The monoisotopic (exact) mass is 275 g/mol. The van der Waals surface area contributed by atoms with Crippen molar-refractivity contribution < 1.29 is 4.74 Å². The normalized spacial score (nSPS) is 13.8. The van der Waals surface area contributed by atoms with Crippen molar-refractivity contribution >= 4 is 23.2 Å². The Morgan fingerprint density at radius 3 is 2.47 bits per heavy atom. The summed E-state index contributed by atoms with van der Waals surface area (Å²) in [6.45, 7) is 4.10. The maximum Gasteiger partial charge on any atom is 0.0623 e. The van der Waals surface area contributed by atoms with Crippen molar-refractivity contribution in [3.05, 3.63) is 33.8 Å². The van der Waals surface area contributed by atoms with Gasteiger partial charge in [0.25, 0.3) is 0 Å². The molecule has 0 bridgehead atoms. The third-order valence-corrected chi connectivity index (χ3v) is 3.72. The van der Waals surface area contributed by atoms with Crippen molar-refractivity contribution in [3.8, 4) is 0 Å². The molecular formula is C13H19Cl2NO. The Balaban J connectivity index is 2.64. The molecule has 0 aliphatic rings. The van der Waals surface area contributed by atoms with E-state index in [1.165, 1.54) is 0 Å². The number of ether oxygens (including phenoxy) is 1. The second-order valence-corrected chi connectivity index (χ2v) is 5.60. The molecule has 2 N–H and O–H groups in total. The van der Waals surface area contributed by atoms with E-state index in [9.17, 15) is 0 Å². The average Bonchev–Trinajstić information content (AvgIpc) is 2.30. The minimum absolute atomic E-state index is 0.0424. The molecule has 1 atom stereocenters. The Hall–Kier alpha value is -0.280. The molecule has 2 nitrogen and oxygen atoms in total. The smallest absolute Gasteiger partial charge is 0.0623 e. The van der Waals surface area contributed by atoms with Crippen LogP contribution in [0.1, 0.15) is 38.3 Å². The van der Waals surface area contributed by atoms with Crippen LogP contribution in [0.2, 0.25) is 10.0 Å². The largest absolute Gasteiger partial charge is 0.379 e. The molecule has 1 aromatic carbocycles. The fourth-order valence-corrected chi connectivity index (χ4v) is 1.82. The second kappa shape index (κ2) is 6.05. The number of methoxy groups -OCH3 is 1. The second-order valence-electron chi connectivity index (χ2n) is 4.78. The zero-order chi connectivity index (χ0) is 13.1. The molecule has 4 heteroatoms. The summed E-state index contributed by atoms with van der Waals surface area (Å²) in [4.78, 5) is 0. The Morgan fingerprint density at radius 1 is 1.29 bits per heavy atom. The van der Waals surface area contributed by atoms with Crippen molar-refractivity contribution in [2.75, 3.05) is 7.11 Å². The zero-order valence-electron chi connectivity index (χ0n) is 10.5. The maximum atomic E-state index is 6.12. The Labute approximate surface area is 113 Å². The van der Waals surface area contributed by atoms with Crippen LogP contribution in [-0.2, 0) is 4.74 Å². The zero-order valence-corrected chi connectivity index (χ0v) is 12.0. The van der Waals surface area contributed by atoms with E-state index in [2.05, 4.69) is 13.8 Å². The lowest BCUT2D eigenvalue weighted by atomic mass is 9.95. The molecule has 0 amide bonds. The minimum atomic E-state index is -0.145. The van der Waals surface area contributed by atoms with Gasteiger partial charge in [0.1, 0.15) is 0 Å². The first kappa shape index (κ1) is 14.8. The van der Waals surface area contributed by atoms with Crippen LogP contribution in [-0.4, -0.2) is 12.7 Å². The lowest BCUT2D eigenvalue weighted by Gasteiger charge is -2.24. The molecule has 0 radical (unpaired) electrons. The third kappa shape index (κ3) is 4.47. The molecule has 0 fully saturated rings. The summed E-state index contributed by atoms with van der Waals surface area (Å²) in [6, 6.07) is 5.48. The van der Waals surface area contributed by atoms with Crippen LogP contribution in [0.5, 0.6) is 0 Å². The molecule has 0 aromatic heterocycles. The van der Waals surface area contributed by atoms with Gasteiger partial charge in [-0.25, -0.2) is 0 Å². The van der Waals surface area contributed by atoms with Crippen LogP contribution >= 0.6 is 23.2 Å². The van der Waals surface area contributed by atoms with Gasteiger partial charge in [0.15, 0.2) is 0 Å². The number of benzene rings is 1. The standard InChI is InChI=1S/C13H19Cl2NO/c1-13(2,17-3)7-6-12(16)9-4-5-10(14)11(15)8-9/h4-5,8,12H,6-7,16H2,1-3H3. The lowest BCUT2D eigenvalue weighted by molar-refractivity contribution is 0.0125. The van der Waals surface area contributed by atoms with E-state index < -0.39 is 0 Å². The molecular weight excluding hydrogens is 257 g/mol. The highest BCUT2D eigenvalue weighted by Crippen LogP contribution is 2.28. The van der Waals surface area contributed by atoms with Gasteiger partial charge >= 0.3 is 0 Å². The van der Waals surface area contributed by atoms with Crippen molar-refractivity contribution in [3.63, 3.8) is 0 Å². The predicted molar refractivity (Wildman–Crippen MR) is 73.7 cm³/mol. The van der Waals surface area contributed by atoms with Gasteiger partial charge in [0.05, 0.1) is 15.6 Å². The van der Waals surface area contributed by atoms with E-state index in [-0.39, 0.29) is 11.6 Å². The number of nitrogens with two attached hydrogens (primary N) is 1. The number of rotatable bonds is 5. The highest BCUT2D eigenvalue weighted by molar-refractivity contribution is 6.42. The number of halogens is 2. The van der Waals surface area contributed by atoms with Gasteiger partial charge in [0.2, 0.25) is 0 Å². The van der Waals surface area contributed by atoms with Gasteiger partial charge in [-0.15, -0.1) is 0 Å². The van der Waals surface area contributed by atoms with Crippen LogP contribution in [0.15, 0.2) is 18.2 Å². The molecule has 1 unspecified atom stereocenters. The van der Waals surface area contributed by atoms with Crippen LogP contribution in [0.4, 0.5) is 0 Å². The van der Waals surface area contributed by atoms with E-state index >= 15 is 0 Å². The van der Waals surface area contributed by atoms with E-state index in [1.54, 1.807) is 13.2 Å². The van der Waals surface area contributed by atoms with Crippen LogP contribution in [0.25, 0.3) is 0 Å². The first-order valence-electron chi connectivity index (χ1n) is 5.61. The van der Waals surface area contributed by atoms with Crippen LogP contribution in [0.3, 0.4) is 0 Å². The molecule has 0 aliphatic heterocycles. The van der Waals surface area contributed by atoms with E-state index in [0.717, 1.165) is 18.4 Å². The molecule has 1 aromatic rings. The molecule has 0 saturated carbocycles. The maximum absolute atomic E-state index is 6.12. The summed E-state index contributed by atoms with van der Waals surface area (Å²) < 4.78 is 5.36. The summed E-state index contributed by atoms with van der Waals surface area (Å²) in [5.41, 5.74) is 6.98. The Bertz CT molecular complexity index is 380. The topological polar surface area (TPSA) is 35.2 Å². The van der Waals surface area contributed by atoms with Gasteiger partial charge in [0, 0.05) is 13.2 Å². The van der Waals surface area contributed by atoms with Crippen LogP contribution < -0.4 is 5.73 Å². The molecule has 17 heavy (non-hydrogen) atoms. The van der Waals surface area contributed by atoms with E-state index in [4.69, 9.17) is 33.7 Å². The van der Waals surface area contributed by atoms with Gasteiger partial charge in [-0.05, 0) is 44.4 Å². The van der Waals surface area contributed by atoms with Gasteiger partial charge in [-0.1, -0.05) is 29.3 Å². The van der Waals surface area contributed by atoms with Crippen molar-refractivity contribution in [2.24, 2.45) is 5.73 Å². The summed E-state index contributed by atoms with van der Waals surface area (Å²) in [7, 11) is 1.71. The van der Waals surface area contributed by atoms with E-state index in [1.807, 2.05) is 12.1 Å². The number of hydrogen-bond acceptors (Lipinski definition) is 2. The third-order valence-electron chi connectivity index (χ3n) is 2.98. The molecule has 0 aliphatic carbocycles. The summed E-state index contributed by atoms with van der Waals surface area (Å²) in [6.07, 6.45) is 1.74.